The topological polar surface area (TPSA) is 47.3 Å². The number of methoxy groups -OCH3 is 1. The van der Waals surface area contributed by atoms with E-state index in [0.717, 1.165) is 31.5 Å². The smallest absolute Gasteiger partial charge is 0.162 e. The van der Waals surface area contributed by atoms with Crippen LogP contribution in [-0.2, 0) is 12.1 Å². The van der Waals surface area contributed by atoms with Crippen molar-refractivity contribution in [2.45, 2.75) is 52.2 Å². The van der Waals surface area contributed by atoms with E-state index in [-0.39, 0.29) is 0 Å². The molecule has 102 valence electrons. The van der Waals surface area contributed by atoms with Gasteiger partial charge in [0.15, 0.2) is 5.75 Å². The summed E-state index contributed by atoms with van der Waals surface area (Å²) in [4.78, 5) is 0. The molecule has 1 aliphatic carbocycles. The van der Waals surface area contributed by atoms with Gasteiger partial charge in [-0.2, -0.15) is 5.10 Å². The standard InChI is InChI=1S/C14H24N2O2/c1-5-6-16-13(12(18-4)9-15-16)14(17)7-11(8-14)10(2)3/h9-11,17H,5-8H2,1-4H3. The highest BCUT2D eigenvalue weighted by Gasteiger charge is 2.48. The Morgan fingerprint density at radius 3 is 2.72 bits per heavy atom. The second kappa shape index (κ2) is 4.92. The Morgan fingerprint density at radius 2 is 2.22 bits per heavy atom. The Bertz CT molecular complexity index is 406. The third-order valence-corrected chi connectivity index (χ3v) is 4.04. The number of hydrogen-bond acceptors (Lipinski definition) is 3. The minimum absolute atomic E-state index is 0.602. The summed E-state index contributed by atoms with van der Waals surface area (Å²) in [6.07, 6.45) is 4.35. The van der Waals surface area contributed by atoms with Crippen LogP contribution in [0, 0.1) is 11.8 Å². The Balaban J connectivity index is 2.24. The number of aliphatic hydroxyl groups is 1. The van der Waals surface area contributed by atoms with Crippen molar-refractivity contribution in [3.8, 4) is 5.75 Å². The average molecular weight is 252 g/mol. The normalized spacial score (nSPS) is 27.3. The van der Waals surface area contributed by atoms with E-state index in [2.05, 4.69) is 25.9 Å². The minimum atomic E-state index is -0.744. The van der Waals surface area contributed by atoms with Crippen LogP contribution in [0.3, 0.4) is 0 Å². The van der Waals surface area contributed by atoms with Gasteiger partial charge < -0.3 is 9.84 Å². The number of aromatic nitrogens is 2. The number of ether oxygens (including phenoxy) is 1. The molecule has 2 rings (SSSR count). The van der Waals surface area contributed by atoms with E-state index in [1.165, 1.54) is 0 Å². The third kappa shape index (κ3) is 2.14. The predicted octanol–water partition coefficient (Wildman–Crippen LogP) is 2.56. The van der Waals surface area contributed by atoms with E-state index in [1.54, 1.807) is 13.3 Å². The van der Waals surface area contributed by atoms with E-state index in [1.807, 2.05) is 4.68 Å². The summed E-state index contributed by atoms with van der Waals surface area (Å²) in [5, 5.41) is 15.1. The number of nitrogens with zero attached hydrogens (tertiary/aromatic N) is 2. The van der Waals surface area contributed by atoms with Gasteiger partial charge in [-0.3, -0.25) is 4.68 Å². The molecule has 0 amide bonds. The first-order valence-corrected chi connectivity index (χ1v) is 6.84. The molecule has 0 radical (unpaired) electrons. The fourth-order valence-corrected chi connectivity index (χ4v) is 2.84. The van der Waals surface area contributed by atoms with E-state index < -0.39 is 5.60 Å². The van der Waals surface area contributed by atoms with Crippen LogP contribution in [0.4, 0.5) is 0 Å². The van der Waals surface area contributed by atoms with Gasteiger partial charge in [0.1, 0.15) is 11.3 Å². The molecule has 1 aromatic rings. The van der Waals surface area contributed by atoms with Gasteiger partial charge >= 0.3 is 0 Å². The highest BCUT2D eigenvalue weighted by molar-refractivity contribution is 5.33. The maximum atomic E-state index is 10.8. The molecule has 1 fully saturated rings. The van der Waals surface area contributed by atoms with Gasteiger partial charge in [0, 0.05) is 6.54 Å². The van der Waals surface area contributed by atoms with Crippen molar-refractivity contribution in [3.05, 3.63) is 11.9 Å². The molecule has 0 saturated heterocycles. The van der Waals surface area contributed by atoms with Crippen molar-refractivity contribution in [3.63, 3.8) is 0 Å². The lowest BCUT2D eigenvalue weighted by atomic mass is 9.64. The molecule has 1 saturated carbocycles. The Labute approximate surface area is 109 Å². The quantitative estimate of drug-likeness (QED) is 0.876. The predicted molar refractivity (Wildman–Crippen MR) is 70.5 cm³/mol. The Morgan fingerprint density at radius 1 is 1.56 bits per heavy atom. The van der Waals surface area contributed by atoms with Gasteiger partial charge in [0.25, 0.3) is 0 Å². The summed E-state index contributed by atoms with van der Waals surface area (Å²) in [6, 6.07) is 0. The van der Waals surface area contributed by atoms with Crippen LogP contribution < -0.4 is 4.74 Å². The van der Waals surface area contributed by atoms with E-state index in [0.29, 0.717) is 17.6 Å². The van der Waals surface area contributed by atoms with Gasteiger partial charge in [-0.05, 0) is 31.1 Å². The highest BCUT2D eigenvalue weighted by Crippen LogP contribution is 2.50. The molecule has 1 aromatic heterocycles. The monoisotopic (exact) mass is 252 g/mol. The van der Waals surface area contributed by atoms with Gasteiger partial charge in [-0.1, -0.05) is 20.8 Å². The van der Waals surface area contributed by atoms with Crippen molar-refractivity contribution in [1.29, 1.82) is 0 Å². The summed E-state index contributed by atoms with van der Waals surface area (Å²) in [5.74, 6) is 1.94. The van der Waals surface area contributed by atoms with Crippen molar-refractivity contribution in [2.75, 3.05) is 7.11 Å². The van der Waals surface area contributed by atoms with Crippen LogP contribution in [0.5, 0.6) is 5.75 Å². The van der Waals surface area contributed by atoms with Crippen molar-refractivity contribution < 1.29 is 9.84 Å². The molecule has 1 N–H and O–H groups in total. The fourth-order valence-electron chi connectivity index (χ4n) is 2.84. The van der Waals surface area contributed by atoms with E-state index in [4.69, 9.17) is 4.74 Å². The lowest BCUT2D eigenvalue weighted by Crippen LogP contribution is -2.45. The Kier molecular flexibility index (Phi) is 3.66. The summed E-state index contributed by atoms with van der Waals surface area (Å²) in [6.45, 7) is 7.36. The summed E-state index contributed by atoms with van der Waals surface area (Å²) >= 11 is 0. The van der Waals surface area contributed by atoms with E-state index in [9.17, 15) is 5.11 Å². The average Bonchev–Trinajstić information content (AvgIpc) is 2.68. The van der Waals surface area contributed by atoms with Crippen LogP contribution in [0.1, 0.15) is 45.7 Å². The molecule has 4 nitrogen and oxygen atoms in total. The molecule has 4 heteroatoms. The summed E-state index contributed by atoms with van der Waals surface area (Å²) in [5.41, 5.74) is 0.120. The highest BCUT2D eigenvalue weighted by atomic mass is 16.5. The lowest BCUT2D eigenvalue weighted by Gasteiger charge is -2.46. The first kappa shape index (κ1) is 13.4. The summed E-state index contributed by atoms with van der Waals surface area (Å²) < 4.78 is 7.24. The molecule has 0 bridgehead atoms. The molecule has 0 unspecified atom stereocenters. The molecular formula is C14H24N2O2. The van der Waals surface area contributed by atoms with Gasteiger partial charge in [0.05, 0.1) is 13.3 Å². The van der Waals surface area contributed by atoms with Crippen LogP contribution in [-0.4, -0.2) is 22.0 Å². The molecule has 0 atom stereocenters. The molecule has 0 spiro atoms. The van der Waals surface area contributed by atoms with Gasteiger partial charge in [-0.15, -0.1) is 0 Å². The Hall–Kier alpha value is -1.03. The second-order valence-electron chi connectivity index (χ2n) is 5.73. The molecule has 1 heterocycles. The number of hydrogen-bond donors (Lipinski definition) is 1. The third-order valence-electron chi connectivity index (χ3n) is 4.04. The van der Waals surface area contributed by atoms with Crippen LogP contribution in [0.25, 0.3) is 0 Å². The number of rotatable bonds is 5. The first-order valence-electron chi connectivity index (χ1n) is 6.84. The number of aryl methyl sites for hydroxylation is 1. The maximum Gasteiger partial charge on any atom is 0.162 e. The zero-order valence-electron chi connectivity index (χ0n) is 11.8. The molecular weight excluding hydrogens is 228 g/mol. The summed E-state index contributed by atoms with van der Waals surface area (Å²) in [7, 11) is 1.64. The molecule has 0 aromatic carbocycles. The minimum Gasteiger partial charge on any atom is -0.493 e. The fraction of sp³-hybridized carbons (Fsp3) is 0.786. The SMILES string of the molecule is CCCn1ncc(OC)c1C1(O)CC(C(C)C)C1. The van der Waals surface area contributed by atoms with Crippen molar-refractivity contribution in [1.82, 2.24) is 9.78 Å². The second-order valence-corrected chi connectivity index (χ2v) is 5.73. The van der Waals surface area contributed by atoms with Crippen LogP contribution >= 0.6 is 0 Å². The molecule has 18 heavy (non-hydrogen) atoms. The van der Waals surface area contributed by atoms with Crippen molar-refractivity contribution in [2.24, 2.45) is 11.8 Å². The molecule has 0 aliphatic heterocycles. The lowest BCUT2D eigenvalue weighted by molar-refractivity contribution is -0.101. The maximum absolute atomic E-state index is 10.8. The van der Waals surface area contributed by atoms with Crippen LogP contribution in [0.15, 0.2) is 6.20 Å². The zero-order chi connectivity index (χ0) is 13.3. The first-order chi connectivity index (χ1) is 8.51. The zero-order valence-corrected chi connectivity index (χ0v) is 11.8. The van der Waals surface area contributed by atoms with Gasteiger partial charge in [0.2, 0.25) is 0 Å². The van der Waals surface area contributed by atoms with Crippen LogP contribution in [0.2, 0.25) is 0 Å². The largest absolute Gasteiger partial charge is 0.493 e. The van der Waals surface area contributed by atoms with Gasteiger partial charge in [-0.25, -0.2) is 0 Å². The molecule has 1 aliphatic rings. The van der Waals surface area contributed by atoms with Crippen molar-refractivity contribution >= 4 is 0 Å². The van der Waals surface area contributed by atoms with E-state index >= 15 is 0 Å².